The van der Waals surface area contributed by atoms with Crippen molar-refractivity contribution < 1.29 is 38.6 Å². The van der Waals surface area contributed by atoms with Crippen molar-refractivity contribution in [1.29, 1.82) is 0 Å². The molecule has 54 heavy (non-hydrogen) atoms. The maximum absolute atomic E-state index is 14.2. The van der Waals surface area contributed by atoms with E-state index in [0.717, 1.165) is 0 Å². The Hall–Kier alpha value is -2.97. The highest BCUT2D eigenvalue weighted by molar-refractivity contribution is 6.35. The smallest absolute Gasteiger partial charge is 0.326 e. The first-order valence-corrected chi connectivity index (χ1v) is 19.7. The quantitative estimate of drug-likeness (QED) is 0.141. The van der Waals surface area contributed by atoms with E-state index in [0.29, 0.717) is 41.4 Å². The van der Waals surface area contributed by atoms with E-state index in [1.165, 1.54) is 20.3 Å². The summed E-state index contributed by atoms with van der Waals surface area (Å²) >= 11 is 12.3. The number of nitrogens with one attached hydrogen (secondary N) is 3. The Morgan fingerprint density at radius 1 is 0.963 bits per heavy atom. The van der Waals surface area contributed by atoms with Gasteiger partial charge in [-0.25, -0.2) is 4.79 Å². The van der Waals surface area contributed by atoms with E-state index in [-0.39, 0.29) is 48.3 Å². The van der Waals surface area contributed by atoms with Gasteiger partial charge < -0.3 is 40.3 Å². The van der Waals surface area contributed by atoms with Crippen LogP contribution in [0.4, 0.5) is 0 Å². The molecule has 0 aromatic heterocycles. The number of carbonyl (C=O) groups is 5. The van der Waals surface area contributed by atoms with E-state index in [9.17, 15) is 29.1 Å². The predicted octanol–water partition coefficient (Wildman–Crippen LogP) is 4.41. The molecule has 4 N–H and O–H groups in total. The maximum Gasteiger partial charge on any atom is 0.326 e. The van der Waals surface area contributed by atoms with Crippen LogP contribution >= 0.6 is 23.2 Å². The fourth-order valence-corrected chi connectivity index (χ4v) is 7.95. The Kier molecular flexibility index (Phi) is 19.2. The highest BCUT2D eigenvalue weighted by Crippen LogP contribution is 2.30. The first-order valence-electron chi connectivity index (χ1n) is 18.9. The van der Waals surface area contributed by atoms with Crippen LogP contribution in [-0.4, -0.2) is 122 Å². The van der Waals surface area contributed by atoms with Crippen LogP contribution in [0.1, 0.15) is 79.7 Å². The minimum absolute atomic E-state index is 0.0123. The number of nitrogens with zero attached hydrogens (tertiary/aromatic N) is 2. The van der Waals surface area contributed by atoms with Gasteiger partial charge >= 0.3 is 5.97 Å². The number of likely N-dealkylation sites (N-methyl/N-ethyl adjacent to an activating group) is 2. The molecule has 2 rings (SSSR count). The molecule has 9 atom stereocenters. The largest absolute Gasteiger partial charge is 0.480 e. The van der Waals surface area contributed by atoms with Gasteiger partial charge in [0, 0.05) is 44.3 Å². The van der Waals surface area contributed by atoms with Crippen molar-refractivity contribution in [2.45, 2.75) is 123 Å². The lowest BCUT2D eigenvalue weighted by atomic mass is 9.89. The number of carbonyl (C=O) groups excluding carboxylic acids is 4. The van der Waals surface area contributed by atoms with Crippen LogP contribution in [0.25, 0.3) is 0 Å². The summed E-state index contributed by atoms with van der Waals surface area (Å²) < 4.78 is 11.8. The van der Waals surface area contributed by atoms with E-state index in [2.05, 4.69) is 16.0 Å². The Morgan fingerprint density at radius 3 is 2.09 bits per heavy atom. The topological polar surface area (TPSA) is 167 Å². The van der Waals surface area contributed by atoms with Gasteiger partial charge in [0.1, 0.15) is 12.1 Å². The molecule has 1 saturated heterocycles. The minimum Gasteiger partial charge on any atom is -0.480 e. The third kappa shape index (κ3) is 12.3. The molecule has 15 heteroatoms. The summed E-state index contributed by atoms with van der Waals surface area (Å²) in [6.45, 7) is 13.7. The first-order chi connectivity index (χ1) is 25.3. The Bertz CT molecular complexity index is 1430. The molecule has 1 fully saturated rings. The van der Waals surface area contributed by atoms with Crippen LogP contribution in [0.3, 0.4) is 0 Å². The lowest BCUT2D eigenvalue weighted by Gasteiger charge is -2.41. The van der Waals surface area contributed by atoms with Crippen molar-refractivity contribution in [1.82, 2.24) is 25.8 Å². The molecule has 306 valence electrons. The zero-order chi connectivity index (χ0) is 41.0. The van der Waals surface area contributed by atoms with Gasteiger partial charge in [0.05, 0.1) is 42.7 Å². The second kappa shape index (κ2) is 21.9. The maximum atomic E-state index is 14.2. The number of aliphatic carboxylic acids is 1. The first kappa shape index (κ1) is 47.2. The molecule has 0 aliphatic carbocycles. The third-order valence-corrected chi connectivity index (χ3v) is 11.4. The van der Waals surface area contributed by atoms with E-state index in [1.54, 1.807) is 43.0 Å². The van der Waals surface area contributed by atoms with Gasteiger partial charge in [-0.3, -0.25) is 19.2 Å². The lowest BCUT2D eigenvalue weighted by molar-refractivity contribution is -0.148. The highest BCUT2D eigenvalue weighted by Gasteiger charge is 2.43. The van der Waals surface area contributed by atoms with Crippen molar-refractivity contribution >= 4 is 52.8 Å². The summed E-state index contributed by atoms with van der Waals surface area (Å²) in [4.78, 5) is 70.5. The van der Waals surface area contributed by atoms with Crippen molar-refractivity contribution in [2.24, 2.45) is 23.7 Å². The van der Waals surface area contributed by atoms with Gasteiger partial charge in [0.15, 0.2) is 0 Å². The summed E-state index contributed by atoms with van der Waals surface area (Å²) in [6.07, 6.45) is 0.468. The molecule has 0 radical (unpaired) electrons. The van der Waals surface area contributed by atoms with Crippen LogP contribution in [0.2, 0.25) is 10.0 Å². The zero-order valence-electron chi connectivity index (χ0n) is 33.8. The van der Waals surface area contributed by atoms with Crippen LogP contribution in [0, 0.1) is 23.7 Å². The number of likely N-dealkylation sites (tertiary alicyclic amines) is 1. The fourth-order valence-electron chi connectivity index (χ4n) is 7.46. The summed E-state index contributed by atoms with van der Waals surface area (Å²) in [6, 6.07) is 1.26. The molecule has 4 amide bonds. The Morgan fingerprint density at radius 2 is 1.59 bits per heavy atom. The number of carboxylic acids is 1. The van der Waals surface area contributed by atoms with Gasteiger partial charge in [0.2, 0.25) is 23.6 Å². The number of ether oxygens (including phenoxy) is 2. The summed E-state index contributed by atoms with van der Waals surface area (Å²) in [7, 11) is 6.40. The molecule has 1 aliphatic heterocycles. The summed E-state index contributed by atoms with van der Waals surface area (Å²) in [5, 5.41) is 19.3. The molecule has 1 aromatic carbocycles. The SMILES string of the molecule is CCC(C)C([C@@H](CC(=O)N1CCC[C@H]1[C@H](OC)[C@@H](C)C(=O)NC(Cc1ccc(Cl)cc1Cl)C(=O)O)OC)N(C)C(=O)[C@@H](NC(=O)[C@@H](NC)C(C)C)C(C)C. The average Bonchev–Trinajstić information content (AvgIpc) is 3.60. The fraction of sp³-hybridized carbons (Fsp3) is 0.718. The van der Waals surface area contributed by atoms with Crippen molar-refractivity contribution in [3.63, 3.8) is 0 Å². The zero-order valence-corrected chi connectivity index (χ0v) is 35.3. The monoisotopic (exact) mass is 799 g/mol. The second-order valence-electron chi connectivity index (χ2n) is 15.2. The number of hydrogen-bond acceptors (Lipinski definition) is 8. The van der Waals surface area contributed by atoms with Crippen LogP contribution in [0.15, 0.2) is 18.2 Å². The number of amides is 4. The Balaban J connectivity index is 2.28. The predicted molar refractivity (Wildman–Crippen MR) is 210 cm³/mol. The molecule has 1 aromatic rings. The second-order valence-corrected chi connectivity index (χ2v) is 16.0. The van der Waals surface area contributed by atoms with Crippen molar-refractivity contribution in [3.8, 4) is 0 Å². The third-order valence-electron chi connectivity index (χ3n) is 10.8. The molecule has 1 aliphatic rings. The van der Waals surface area contributed by atoms with Gasteiger partial charge in [-0.2, -0.15) is 0 Å². The summed E-state index contributed by atoms with van der Waals surface area (Å²) in [5.74, 6) is -3.56. The molecular formula is C39H63Cl2N5O8. The molecule has 0 saturated carbocycles. The number of hydrogen-bond donors (Lipinski definition) is 4. The van der Waals surface area contributed by atoms with E-state index >= 15 is 0 Å². The molecule has 0 bridgehead atoms. The number of benzene rings is 1. The lowest BCUT2D eigenvalue weighted by Crippen LogP contribution is -2.59. The van der Waals surface area contributed by atoms with Gasteiger partial charge in [-0.15, -0.1) is 0 Å². The van der Waals surface area contributed by atoms with Crippen molar-refractivity contribution in [3.05, 3.63) is 33.8 Å². The molecular weight excluding hydrogens is 737 g/mol. The van der Waals surface area contributed by atoms with Crippen molar-refractivity contribution in [2.75, 3.05) is 34.9 Å². The van der Waals surface area contributed by atoms with E-state index in [4.69, 9.17) is 32.7 Å². The van der Waals surface area contributed by atoms with Gasteiger partial charge in [0.25, 0.3) is 0 Å². The molecule has 13 nitrogen and oxygen atoms in total. The normalized spacial score (nSPS) is 19.0. The minimum atomic E-state index is -1.26. The van der Waals surface area contributed by atoms with Gasteiger partial charge in [-0.05, 0) is 55.3 Å². The number of rotatable bonds is 21. The molecule has 0 spiro atoms. The molecule has 1 heterocycles. The van der Waals surface area contributed by atoms with E-state index < -0.39 is 60.2 Å². The van der Waals surface area contributed by atoms with Crippen LogP contribution < -0.4 is 16.0 Å². The summed E-state index contributed by atoms with van der Waals surface area (Å²) in [5.41, 5.74) is 0.519. The van der Waals surface area contributed by atoms with Crippen LogP contribution in [0.5, 0.6) is 0 Å². The number of carboxylic acid groups (broad SMARTS) is 1. The molecule has 3 unspecified atom stereocenters. The standard InChI is InChI=1S/C39H63Cl2N5O8/c1-12-23(6)34(45(9)38(50)33(22(4)5)44-37(49)32(42-8)21(2)3)30(53-10)20-31(47)46-17-13-14-29(46)35(54-11)24(7)36(48)43-28(39(51)52)18-25-15-16-26(40)19-27(25)41/h15-16,19,21-24,28-30,32-35,42H,12-14,17-18,20H2,1-11H3,(H,43,48)(H,44,49)(H,51,52)/t23?,24-,28?,29+,30-,32+,33+,34?,35-/m1/s1. The number of methoxy groups -OCH3 is 2. The van der Waals surface area contributed by atoms with Crippen LogP contribution in [-0.2, 0) is 39.9 Å². The highest BCUT2D eigenvalue weighted by atomic mass is 35.5. The average molecular weight is 801 g/mol. The van der Waals surface area contributed by atoms with E-state index in [1.807, 2.05) is 41.5 Å². The van der Waals surface area contributed by atoms with Gasteiger partial charge in [-0.1, -0.05) is 84.2 Å². The Labute approximate surface area is 331 Å². The number of halogens is 2.